The maximum atomic E-state index is 11.3. The number of fused-ring (bicyclic) bond motifs is 1. The molecule has 84 valence electrons. The molecule has 1 aromatic carbocycles. The molecule has 0 spiro atoms. The first-order valence-electron chi connectivity index (χ1n) is 4.48. The van der Waals surface area contributed by atoms with Gasteiger partial charge in [0.15, 0.2) is 5.03 Å². The van der Waals surface area contributed by atoms with Crippen molar-refractivity contribution in [1.82, 2.24) is 4.98 Å². The molecule has 5 nitrogen and oxygen atoms in total. The van der Waals surface area contributed by atoms with Gasteiger partial charge in [0.1, 0.15) is 5.75 Å². The third kappa shape index (κ3) is 1.84. The maximum Gasteiger partial charge on any atom is 0.256 e. The van der Waals surface area contributed by atoms with Crippen LogP contribution < -0.4 is 9.88 Å². The first-order valence-corrected chi connectivity index (χ1v) is 6.02. The number of hydrogen-bond acceptors (Lipinski definition) is 4. The smallest absolute Gasteiger partial charge is 0.256 e. The molecule has 0 unspecified atom stereocenters. The highest BCUT2D eigenvalue weighted by molar-refractivity contribution is 7.89. The number of aromatic nitrogens is 1. The Morgan fingerprint density at radius 3 is 2.69 bits per heavy atom. The lowest BCUT2D eigenvalue weighted by Gasteiger charge is -2.05. The highest BCUT2D eigenvalue weighted by Crippen LogP contribution is 2.24. The lowest BCUT2D eigenvalue weighted by molar-refractivity contribution is 0.415. The number of sulfonamides is 1. The molecular formula is C10H10N2O3S. The first-order chi connectivity index (χ1) is 7.52. The molecule has 16 heavy (non-hydrogen) atoms. The standard InChI is InChI=1S/C10H10N2O3S/c1-15-8-3-2-7-4-5-12-10(9(7)6-8)16(11,13)14/h2-6H,1H3,(H2,11,13,14). The largest absolute Gasteiger partial charge is 0.497 e. The van der Waals surface area contributed by atoms with E-state index in [9.17, 15) is 8.42 Å². The van der Waals surface area contributed by atoms with Crippen molar-refractivity contribution >= 4 is 20.8 Å². The topological polar surface area (TPSA) is 82.3 Å². The van der Waals surface area contributed by atoms with Crippen LogP contribution in [-0.4, -0.2) is 20.5 Å². The fourth-order valence-corrected chi connectivity index (χ4v) is 2.17. The van der Waals surface area contributed by atoms with Crippen LogP contribution in [-0.2, 0) is 10.0 Å². The SMILES string of the molecule is COc1ccc2ccnc(S(N)(=O)=O)c2c1. The number of hydrogen-bond donors (Lipinski definition) is 1. The van der Waals surface area contributed by atoms with Crippen LogP contribution in [0.2, 0.25) is 0 Å². The van der Waals surface area contributed by atoms with E-state index in [1.54, 1.807) is 24.3 Å². The summed E-state index contributed by atoms with van der Waals surface area (Å²) in [6.07, 6.45) is 1.41. The summed E-state index contributed by atoms with van der Waals surface area (Å²) in [5.74, 6) is 0.561. The second-order valence-electron chi connectivity index (χ2n) is 3.25. The molecule has 0 amide bonds. The summed E-state index contributed by atoms with van der Waals surface area (Å²) >= 11 is 0. The van der Waals surface area contributed by atoms with Gasteiger partial charge in [-0.2, -0.15) is 0 Å². The molecule has 1 heterocycles. The van der Waals surface area contributed by atoms with Gasteiger partial charge in [-0.1, -0.05) is 6.07 Å². The van der Waals surface area contributed by atoms with E-state index < -0.39 is 10.0 Å². The van der Waals surface area contributed by atoms with Gasteiger partial charge in [-0.05, 0) is 23.6 Å². The van der Waals surface area contributed by atoms with Gasteiger partial charge < -0.3 is 4.74 Å². The molecule has 0 saturated heterocycles. The zero-order valence-corrected chi connectivity index (χ0v) is 9.36. The van der Waals surface area contributed by atoms with E-state index in [4.69, 9.17) is 9.88 Å². The summed E-state index contributed by atoms with van der Waals surface area (Å²) in [5.41, 5.74) is 0. The fraction of sp³-hybridized carbons (Fsp3) is 0.100. The number of methoxy groups -OCH3 is 1. The Kier molecular flexibility index (Phi) is 2.53. The number of benzene rings is 1. The molecule has 1 aromatic heterocycles. The van der Waals surface area contributed by atoms with Crippen LogP contribution in [0.4, 0.5) is 0 Å². The van der Waals surface area contributed by atoms with E-state index in [0.29, 0.717) is 11.1 Å². The minimum atomic E-state index is -3.82. The molecule has 0 aliphatic carbocycles. The Morgan fingerprint density at radius 2 is 2.06 bits per heavy atom. The molecule has 0 aliphatic heterocycles. The molecule has 0 radical (unpaired) electrons. The third-order valence-electron chi connectivity index (χ3n) is 2.21. The number of primary sulfonamides is 1. The monoisotopic (exact) mass is 238 g/mol. The number of nitrogens with zero attached hydrogens (tertiary/aromatic N) is 1. The van der Waals surface area contributed by atoms with Crippen LogP contribution in [0, 0.1) is 0 Å². The normalized spacial score (nSPS) is 11.6. The van der Waals surface area contributed by atoms with Crippen molar-refractivity contribution in [2.75, 3.05) is 7.11 Å². The molecule has 0 saturated carbocycles. The minimum Gasteiger partial charge on any atom is -0.497 e. The number of rotatable bonds is 2. The van der Waals surface area contributed by atoms with Gasteiger partial charge in [-0.15, -0.1) is 0 Å². The molecule has 6 heteroatoms. The van der Waals surface area contributed by atoms with Crippen LogP contribution in [0.1, 0.15) is 0 Å². The van der Waals surface area contributed by atoms with E-state index in [0.717, 1.165) is 5.39 Å². The third-order valence-corrected chi connectivity index (χ3v) is 3.07. The lowest BCUT2D eigenvalue weighted by atomic mass is 10.2. The first kappa shape index (κ1) is 10.8. The Bertz CT molecular complexity index is 638. The molecule has 0 aliphatic rings. The van der Waals surface area contributed by atoms with E-state index in [2.05, 4.69) is 4.98 Å². The second kappa shape index (κ2) is 3.73. The van der Waals surface area contributed by atoms with Gasteiger partial charge in [0.05, 0.1) is 7.11 Å². The van der Waals surface area contributed by atoms with Crippen LogP contribution in [0.25, 0.3) is 10.8 Å². The van der Waals surface area contributed by atoms with Crippen LogP contribution >= 0.6 is 0 Å². The predicted molar refractivity (Wildman–Crippen MR) is 59.7 cm³/mol. The Hall–Kier alpha value is -1.66. The van der Waals surface area contributed by atoms with Crippen molar-refractivity contribution in [2.24, 2.45) is 5.14 Å². The van der Waals surface area contributed by atoms with Crippen LogP contribution in [0.3, 0.4) is 0 Å². The Morgan fingerprint density at radius 1 is 1.31 bits per heavy atom. The molecule has 2 aromatic rings. The van der Waals surface area contributed by atoms with Gasteiger partial charge in [-0.3, -0.25) is 0 Å². The minimum absolute atomic E-state index is 0.135. The highest BCUT2D eigenvalue weighted by atomic mass is 32.2. The zero-order chi connectivity index (χ0) is 11.8. The average Bonchev–Trinajstić information content (AvgIpc) is 2.26. The average molecular weight is 238 g/mol. The predicted octanol–water partition coefficient (Wildman–Crippen LogP) is 0.891. The van der Waals surface area contributed by atoms with Crippen molar-refractivity contribution in [3.05, 3.63) is 30.5 Å². The van der Waals surface area contributed by atoms with Crippen molar-refractivity contribution < 1.29 is 13.2 Å². The molecule has 2 N–H and O–H groups in total. The number of nitrogens with two attached hydrogens (primary N) is 1. The van der Waals surface area contributed by atoms with Crippen molar-refractivity contribution in [1.29, 1.82) is 0 Å². The van der Waals surface area contributed by atoms with E-state index in [-0.39, 0.29) is 5.03 Å². The van der Waals surface area contributed by atoms with Crippen molar-refractivity contribution in [3.8, 4) is 5.75 Å². The second-order valence-corrected chi connectivity index (χ2v) is 4.72. The fourth-order valence-electron chi connectivity index (χ4n) is 1.47. The summed E-state index contributed by atoms with van der Waals surface area (Å²) < 4.78 is 27.7. The van der Waals surface area contributed by atoms with Gasteiger partial charge in [0, 0.05) is 11.6 Å². The zero-order valence-electron chi connectivity index (χ0n) is 8.54. The lowest BCUT2D eigenvalue weighted by Crippen LogP contribution is -2.14. The number of ether oxygens (including phenoxy) is 1. The summed E-state index contributed by atoms with van der Waals surface area (Å²) in [6, 6.07) is 6.81. The molecule has 0 bridgehead atoms. The van der Waals surface area contributed by atoms with Gasteiger partial charge >= 0.3 is 0 Å². The quantitative estimate of drug-likeness (QED) is 0.842. The summed E-state index contributed by atoms with van der Waals surface area (Å²) in [7, 11) is -2.31. The van der Waals surface area contributed by atoms with Gasteiger partial charge in [-0.25, -0.2) is 18.5 Å². The molecule has 2 rings (SSSR count). The Labute approximate surface area is 92.9 Å². The summed E-state index contributed by atoms with van der Waals surface area (Å²) in [4.78, 5) is 3.79. The maximum absolute atomic E-state index is 11.3. The number of pyridine rings is 1. The molecule has 0 atom stereocenters. The van der Waals surface area contributed by atoms with Crippen molar-refractivity contribution in [2.45, 2.75) is 5.03 Å². The van der Waals surface area contributed by atoms with Crippen LogP contribution in [0.15, 0.2) is 35.5 Å². The van der Waals surface area contributed by atoms with E-state index >= 15 is 0 Å². The van der Waals surface area contributed by atoms with Crippen LogP contribution in [0.5, 0.6) is 5.75 Å². The van der Waals surface area contributed by atoms with E-state index in [1.807, 2.05) is 0 Å². The van der Waals surface area contributed by atoms with Gasteiger partial charge in [0.25, 0.3) is 10.0 Å². The van der Waals surface area contributed by atoms with Gasteiger partial charge in [0.2, 0.25) is 0 Å². The summed E-state index contributed by atoms with van der Waals surface area (Å²) in [5, 5.41) is 6.16. The molecule has 0 fully saturated rings. The van der Waals surface area contributed by atoms with E-state index in [1.165, 1.54) is 13.3 Å². The Balaban J connectivity index is 2.85. The molecular weight excluding hydrogens is 228 g/mol. The summed E-state index contributed by atoms with van der Waals surface area (Å²) in [6.45, 7) is 0. The highest BCUT2D eigenvalue weighted by Gasteiger charge is 2.14. The van der Waals surface area contributed by atoms with Crippen molar-refractivity contribution in [3.63, 3.8) is 0 Å².